The van der Waals surface area contributed by atoms with Crippen molar-refractivity contribution in [1.82, 2.24) is 14.8 Å². The standard InChI is InChI=1S/C23H23N5O2/c1-16-13-20(16)21-8-7-19(30-21)14-17(15-24)22-25-26-23(27-9-11-29-12-10-27)28(22)18-5-3-2-4-6-18/h2-8,14,16,20H,9-13H2,1H3/b17-14+/t16-,20+/m1/s1. The van der Waals surface area contributed by atoms with Crippen molar-refractivity contribution >= 4 is 17.6 Å². The number of aromatic nitrogens is 3. The highest BCUT2D eigenvalue weighted by Gasteiger charge is 2.36. The van der Waals surface area contributed by atoms with Crippen LogP contribution >= 0.6 is 0 Å². The van der Waals surface area contributed by atoms with Crippen molar-refractivity contribution in [3.63, 3.8) is 0 Å². The molecule has 0 N–H and O–H groups in total. The summed E-state index contributed by atoms with van der Waals surface area (Å²) < 4.78 is 13.4. The Morgan fingerprint density at radius 2 is 1.90 bits per heavy atom. The molecule has 7 heteroatoms. The summed E-state index contributed by atoms with van der Waals surface area (Å²) in [6.07, 6.45) is 2.91. The van der Waals surface area contributed by atoms with Crippen molar-refractivity contribution in [2.24, 2.45) is 5.92 Å². The first-order valence-electron chi connectivity index (χ1n) is 10.3. The second kappa shape index (κ2) is 7.81. The minimum atomic E-state index is 0.413. The molecule has 0 amide bonds. The normalized spacial score (nSPS) is 21.5. The summed E-state index contributed by atoms with van der Waals surface area (Å²) in [4.78, 5) is 2.14. The van der Waals surface area contributed by atoms with Crippen molar-refractivity contribution in [1.29, 1.82) is 5.26 Å². The van der Waals surface area contributed by atoms with Gasteiger partial charge in [0.2, 0.25) is 5.95 Å². The van der Waals surface area contributed by atoms with Crippen LogP contribution in [0.4, 0.5) is 5.95 Å². The molecule has 1 aromatic carbocycles. The van der Waals surface area contributed by atoms with Crippen molar-refractivity contribution < 1.29 is 9.15 Å². The van der Waals surface area contributed by atoms with E-state index >= 15 is 0 Å². The van der Waals surface area contributed by atoms with Gasteiger partial charge in [-0.15, -0.1) is 10.2 Å². The average molecular weight is 401 g/mol. The molecule has 3 heterocycles. The number of hydrogen-bond acceptors (Lipinski definition) is 6. The van der Waals surface area contributed by atoms with Crippen molar-refractivity contribution in [3.05, 3.63) is 59.8 Å². The molecule has 1 aliphatic carbocycles. The second-order valence-electron chi connectivity index (χ2n) is 7.82. The zero-order chi connectivity index (χ0) is 20.5. The lowest BCUT2D eigenvalue weighted by molar-refractivity contribution is 0.122. The molecule has 0 radical (unpaired) electrons. The summed E-state index contributed by atoms with van der Waals surface area (Å²) in [6, 6.07) is 16.1. The fraction of sp³-hybridized carbons (Fsp3) is 0.348. The molecule has 7 nitrogen and oxygen atoms in total. The van der Waals surface area contributed by atoms with E-state index in [4.69, 9.17) is 9.15 Å². The van der Waals surface area contributed by atoms with Gasteiger partial charge in [0.15, 0.2) is 5.82 Å². The number of ether oxygens (including phenoxy) is 1. The van der Waals surface area contributed by atoms with Gasteiger partial charge in [0.1, 0.15) is 23.2 Å². The maximum atomic E-state index is 9.93. The molecule has 1 saturated heterocycles. The van der Waals surface area contributed by atoms with Crippen LogP contribution in [0.25, 0.3) is 17.3 Å². The van der Waals surface area contributed by atoms with Crippen LogP contribution < -0.4 is 4.90 Å². The summed E-state index contributed by atoms with van der Waals surface area (Å²) in [7, 11) is 0. The fourth-order valence-corrected chi connectivity index (χ4v) is 3.89. The number of hydrogen-bond donors (Lipinski definition) is 0. The van der Waals surface area contributed by atoms with Crippen LogP contribution in [0.2, 0.25) is 0 Å². The zero-order valence-electron chi connectivity index (χ0n) is 16.9. The van der Waals surface area contributed by atoms with Gasteiger partial charge in [0.05, 0.1) is 18.9 Å². The van der Waals surface area contributed by atoms with Crippen LogP contribution in [0.15, 0.2) is 46.9 Å². The number of allylic oxidation sites excluding steroid dienone is 1. The van der Waals surface area contributed by atoms with Crippen molar-refractivity contribution in [2.45, 2.75) is 19.3 Å². The monoisotopic (exact) mass is 401 g/mol. The lowest BCUT2D eigenvalue weighted by atomic mass is 10.2. The van der Waals surface area contributed by atoms with Gasteiger partial charge in [0, 0.05) is 25.1 Å². The highest BCUT2D eigenvalue weighted by molar-refractivity contribution is 5.87. The molecule has 0 spiro atoms. The van der Waals surface area contributed by atoms with Gasteiger partial charge in [-0.3, -0.25) is 4.57 Å². The van der Waals surface area contributed by atoms with E-state index in [9.17, 15) is 5.26 Å². The van der Waals surface area contributed by atoms with E-state index in [-0.39, 0.29) is 0 Å². The van der Waals surface area contributed by atoms with Gasteiger partial charge in [-0.05, 0) is 36.6 Å². The van der Waals surface area contributed by atoms with Gasteiger partial charge >= 0.3 is 0 Å². The first kappa shape index (κ1) is 18.6. The van der Waals surface area contributed by atoms with Crippen LogP contribution in [0.3, 0.4) is 0 Å². The summed E-state index contributed by atoms with van der Waals surface area (Å²) in [6.45, 7) is 4.98. The Hall–Kier alpha value is -3.37. The summed E-state index contributed by atoms with van der Waals surface area (Å²) in [5, 5.41) is 18.8. The largest absolute Gasteiger partial charge is 0.461 e. The molecule has 5 rings (SSSR count). The van der Waals surface area contributed by atoms with E-state index in [2.05, 4.69) is 28.1 Å². The molecule has 1 aliphatic heterocycles. The number of rotatable bonds is 5. The van der Waals surface area contributed by atoms with Crippen molar-refractivity contribution in [3.8, 4) is 11.8 Å². The molecular formula is C23H23N5O2. The van der Waals surface area contributed by atoms with E-state index in [0.29, 0.717) is 48.2 Å². The van der Waals surface area contributed by atoms with Gasteiger partial charge in [-0.1, -0.05) is 25.1 Å². The number of para-hydroxylation sites is 1. The molecule has 2 aromatic heterocycles. The molecule has 2 fully saturated rings. The Morgan fingerprint density at radius 3 is 2.60 bits per heavy atom. The molecule has 2 atom stereocenters. The van der Waals surface area contributed by atoms with Crippen LogP contribution in [0.1, 0.15) is 36.6 Å². The first-order chi connectivity index (χ1) is 14.7. The topological polar surface area (TPSA) is 80.1 Å². The smallest absolute Gasteiger partial charge is 0.232 e. The quantitative estimate of drug-likeness (QED) is 0.604. The number of morpholine rings is 1. The summed E-state index contributed by atoms with van der Waals surface area (Å²) in [5.74, 6) is 4.04. The lowest BCUT2D eigenvalue weighted by Gasteiger charge is -2.28. The van der Waals surface area contributed by atoms with Gasteiger partial charge in [0.25, 0.3) is 0 Å². The highest BCUT2D eigenvalue weighted by atomic mass is 16.5. The van der Waals surface area contributed by atoms with Gasteiger partial charge in [-0.2, -0.15) is 5.26 Å². The molecule has 1 saturated carbocycles. The highest BCUT2D eigenvalue weighted by Crippen LogP contribution is 2.47. The molecule has 152 valence electrons. The SMILES string of the molecule is C[C@@H]1C[C@@H]1c1ccc(/C=C(\C#N)c2nnc(N3CCOCC3)n2-c2ccccc2)o1. The zero-order valence-corrected chi connectivity index (χ0v) is 16.9. The molecular weight excluding hydrogens is 378 g/mol. The van der Waals surface area contributed by atoms with Gasteiger partial charge < -0.3 is 14.1 Å². The van der Waals surface area contributed by atoms with Crippen LogP contribution in [-0.2, 0) is 4.74 Å². The Morgan fingerprint density at radius 1 is 1.13 bits per heavy atom. The maximum absolute atomic E-state index is 9.93. The number of benzene rings is 1. The third-order valence-electron chi connectivity index (χ3n) is 5.72. The number of nitrogens with zero attached hydrogens (tertiary/aromatic N) is 5. The van der Waals surface area contributed by atoms with Crippen LogP contribution in [-0.4, -0.2) is 41.1 Å². The molecule has 2 aliphatic rings. The van der Waals surface area contributed by atoms with E-state index in [1.165, 1.54) is 0 Å². The van der Waals surface area contributed by atoms with Crippen molar-refractivity contribution in [2.75, 3.05) is 31.2 Å². The van der Waals surface area contributed by atoms with E-state index in [1.807, 2.05) is 47.0 Å². The molecule has 0 unspecified atom stereocenters. The summed E-state index contributed by atoms with van der Waals surface area (Å²) >= 11 is 0. The lowest BCUT2D eigenvalue weighted by Crippen LogP contribution is -2.38. The third-order valence-corrected chi connectivity index (χ3v) is 5.72. The summed E-state index contributed by atoms with van der Waals surface area (Å²) in [5.41, 5.74) is 1.32. The van der Waals surface area contributed by atoms with E-state index in [1.54, 1.807) is 6.08 Å². The van der Waals surface area contributed by atoms with E-state index < -0.39 is 0 Å². The maximum Gasteiger partial charge on any atom is 0.232 e. The number of nitriles is 1. The Labute approximate surface area is 175 Å². The van der Waals surface area contributed by atoms with Gasteiger partial charge in [-0.25, -0.2) is 0 Å². The predicted octanol–water partition coefficient (Wildman–Crippen LogP) is 3.88. The van der Waals surface area contributed by atoms with E-state index in [0.717, 1.165) is 31.0 Å². The number of anilines is 1. The van der Waals surface area contributed by atoms with Crippen LogP contribution in [0.5, 0.6) is 0 Å². The Balaban J connectivity index is 1.56. The molecule has 3 aromatic rings. The van der Waals surface area contributed by atoms with Crippen LogP contribution in [0, 0.1) is 17.2 Å². The average Bonchev–Trinajstić information content (AvgIpc) is 3.18. The molecule has 30 heavy (non-hydrogen) atoms. The minimum absolute atomic E-state index is 0.413. The molecule has 0 bridgehead atoms. The Kier molecular flexibility index (Phi) is 4.85. The first-order valence-corrected chi connectivity index (χ1v) is 10.3. The third kappa shape index (κ3) is 3.51. The number of furan rings is 1. The fourth-order valence-electron chi connectivity index (χ4n) is 3.89. The Bertz CT molecular complexity index is 1100. The minimum Gasteiger partial charge on any atom is -0.461 e. The second-order valence-corrected chi connectivity index (χ2v) is 7.82. The predicted molar refractivity (Wildman–Crippen MR) is 113 cm³/mol.